The molecule has 36 heavy (non-hydrogen) atoms. The number of aliphatic carboxylic acids is 1. The van der Waals surface area contributed by atoms with Gasteiger partial charge in [0.2, 0.25) is 12.2 Å². The third kappa shape index (κ3) is 6.54. The van der Waals surface area contributed by atoms with Crippen molar-refractivity contribution in [1.29, 1.82) is 5.26 Å². The molecule has 0 aliphatic rings. The number of carboxylic acids is 1. The van der Waals surface area contributed by atoms with Gasteiger partial charge >= 0.3 is 5.97 Å². The Labute approximate surface area is 221 Å². The van der Waals surface area contributed by atoms with Crippen molar-refractivity contribution < 1.29 is 9.90 Å². The van der Waals surface area contributed by atoms with Gasteiger partial charge in [-0.05, 0) is 49.7 Å². The first kappa shape index (κ1) is 27.4. The Morgan fingerprint density at radius 1 is 1.17 bits per heavy atom. The van der Waals surface area contributed by atoms with Crippen LogP contribution in [-0.2, 0) is 17.8 Å². The average Bonchev–Trinajstić information content (AvgIpc) is 3.05. The molecule has 0 aliphatic heterocycles. The van der Waals surface area contributed by atoms with E-state index in [2.05, 4.69) is 41.0 Å². The summed E-state index contributed by atoms with van der Waals surface area (Å²) >= 11 is 7.84. The number of carbonyl (C=O) groups is 1. The summed E-state index contributed by atoms with van der Waals surface area (Å²) in [7, 11) is 1.69. The minimum absolute atomic E-state index is 0.108. The summed E-state index contributed by atoms with van der Waals surface area (Å²) < 4.78 is 2.10. The lowest BCUT2D eigenvalue weighted by Crippen LogP contribution is -2.28. The summed E-state index contributed by atoms with van der Waals surface area (Å²) in [5.74, 6) is -0.499. The first-order valence-electron chi connectivity index (χ1n) is 11.6. The van der Waals surface area contributed by atoms with Gasteiger partial charge in [0.25, 0.3) is 0 Å². The summed E-state index contributed by atoms with van der Waals surface area (Å²) in [5.41, 5.74) is 2.86. The first-order valence-corrected chi connectivity index (χ1v) is 12.8. The Kier molecular flexibility index (Phi) is 8.27. The van der Waals surface area contributed by atoms with E-state index in [-0.39, 0.29) is 4.75 Å². The Morgan fingerprint density at radius 2 is 1.83 bits per heavy atom. The Balaban J connectivity index is 2.27. The van der Waals surface area contributed by atoms with Gasteiger partial charge in [-0.3, -0.25) is 4.79 Å². The van der Waals surface area contributed by atoms with Gasteiger partial charge < -0.3 is 20.3 Å². The molecule has 1 heterocycles. The van der Waals surface area contributed by atoms with E-state index in [1.54, 1.807) is 38.9 Å². The van der Waals surface area contributed by atoms with Crippen LogP contribution in [0.5, 0.6) is 0 Å². The van der Waals surface area contributed by atoms with E-state index in [4.69, 9.17) is 16.9 Å². The van der Waals surface area contributed by atoms with Crippen molar-refractivity contribution in [2.75, 3.05) is 12.4 Å². The van der Waals surface area contributed by atoms with Crippen LogP contribution in [-0.4, -0.2) is 33.4 Å². The van der Waals surface area contributed by atoms with Crippen molar-refractivity contribution in [3.8, 4) is 6.19 Å². The highest BCUT2D eigenvalue weighted by Crippen LogP contribution is 2.44. The summed E-state index contributed by atoms with van der Waals surface area (Å²) in [4.78, 5) is 16.9. The molecular weight excluding hydrogens is 494 g/mol. The molecule has 3 N–H and O–H groups in total. The largest absolute Gasteiger partial charge is 0.481 e. The standard InChI is InChI=1S/C27H32ClN5O2S/c1-26(2,3)36-23-20-13-19(32-25(30-6)31-16-29)11-12-21(20)33(15-17-7-9-18(28)10-8-17)22(23)14-27(4,5)24(34)35/h7-13H,14-15H2,1-6H3,(H,34,35)(H2,30,31,32). The summed E-state index contributed by atoms with van der Waals surface area (Å²) in [6, 6.07) is 13.7. The zero-order chi connectivity index (χ0) is 26.7. The molecular formula is C27H32ClN5O2S. The number of nitrogens with zero attached hydrogens (tertiary/aromatic N) is 3. The fourth-order valence-electron chi connectivity index (χ4n) is 3.83. The Morgan fingerprint density at radius 3 is 2.39 bits per heavy atom. The van der Waals surface area contributed by atoms with Gasteiger partial charge in [0.1, 0.15) is 0 Å². The molecule has 7 nitrogen and oxygen atoms in total. The summed E-state index contributed by atoms with van der Waals surface area (Å²) in [6.07, 6.45) is 2.15. The number of halogens is 1. The molecule has 1 aromatic heterocycles. The lowest BCUT2D eigenvalue weighted by molar-refractivity contribution is -0.146. The number of nitrogens with one attached hydrogen (secondary N) is 2. The molecule has 0 fully saturated rings. The van der Waals surface area contributed by atoms with Gasteiger partial charge in [-0.2, -0.15) is 5.26 Å². The topological polar surface area (TPSA) is 102 Å². The predicted molar refractivity (Wildman–Crippen MR) is 149 cm³/mol. The third-order valence-corrected chi connectivity index (χ3v) is 7.16. The maximum Gasteiger partial charge on any atom is 0.309 e. The third-order valence-electron chi connectivity index (χ3n) is 5.63. The highest BCUT2D eigenvalue weighted by atomic mass is 35.5. The second kappa shape index (κ2) is 10.9. The fraction of sp³-hybridized carbons (Fsp3) is 0.370. The number of rotatable bonds is 7. The van der Waals surface area contributed by atoms with Crippen molar-refractivity contribution in [3.63, 3.8) is 0 Å². The molecule has 0 atom stereocenters. The van der Waals surface area contributed by atoms with E-state index in [9.17, 15) is 9.90 Å². The summed E-state index contributed by atoms with van der Waals surface area (Å²) in [6.45, 7) is 10.5. The van der Waals surface area contributed by atoms with Gasteiger partial charge in [-0.25, -0.2) is 0 Å². The smallest absolute Gasteiger partial charge is 0.309 e. The minimum atomic E-state index is -0.959. The Bertz CT molecular complexity index is 1330. The maximum atomic E-state index is 12.1. The van der Waals surface area contributed by atoms with Crippen molar-refractivity contribution >= 4 is 51.9 Å². The molecule has 0 saturated heterocycles. The monoisotopic (exact) mass is 525 g/mol. The van der Waals surface area contributed by atoms with Crippen molar-refractivity contribution in [2.24, 2.45) is 10.4 Å². The fourth-order valence-corrected chi connectivity index (χ4v) is 5.14. The molecule has 190 valence electrons. The number of aliphatic imine (C=N–C) groups is 1. The molecule has 3 rings (SSSR count). The number of benzene rings is 2. The number of nitriles is 1. The lowest BCUT2D eigenvalue weighted by atomic mass is 9.88. The van der Waals surface area contributed by atoms with Crippen molar-refractivity contribution in [3.05, 3.63) is 58.7 Å². The molecule has 0 bridgehead atoms. The maximum absolute atomic E-state index is 12.1. The van der Waals surface area contributed by atoms with Gasteiger partial charge in [-0.1, -0.05) is 44.5 Å². The van der Waals surface area contributed by atoms with Crippen LogP contribution >= 0.6 is 23.4 Å². The number of aromatic nitrogens is 1. The van der Waals surface area contributed by atoms with Gasteiger partial charge in [0.05, 0.1) is 5.41 Å². The number of hydrogen-bond acceptors (Lipinski definition) is 4. The molecule has 2 aromatic carbocycles. The first-order chi connectivity index (χ1) is 16.8. The molecule has 0 saturated carbocycles. The van der Waals surface area contributed by atoms with E-state index >= 15 is 0 Å². The molecule has 9 heteroatoms. The molecule has 0 amide bonds. The van der Waals surface area contributed by atoms with E-state index in [1.807, 2.05) is 42.5 Å². The number of anilines is 1. The predicted octanol–water partition coefficient (Wildman–Crippen LogP) is 6.36. The zero-order valence-corrected chi connectivity index (χ0v) is 23.0. The van der Waals surface area contributed by atoms with Crippen LogP contribution in [0.4, 0.5) is 5.69 Å². The molecule has 3 aromatic rings. The molecule has 0 spiro atoms. The quantitative estimate of drug-likeness (QED) is 0.144. The summed E-state index contributed by atoms with van der Waals surface area (Å²) in [5, 5.41) is 26.6. The minimum Gasteiger partial charge on any atom is -0.481 e. The normalized spacial score (nSPS) is 12.4. The van der Waals surface area contributed by atoms with Crippen LogP contribution < -0.4 is 10.6 Å². The number of thioether (sulfide) groups is 1. The van der Waals surface area contributed by atoms with E-state index < -0.39 is 11.4 Å². The van der Waals surface area contributed by atoms with Crippen LogP contribution in [0.2, 0.25) is 5.02 Å². The van der Waals surface area contributed by atoms with E-state index in [0.29, 0.717) is 23.9 Å². The highest BCUT2D eigenvalue weighted by Gasteiger charge is 2.32. The Hall–Kier alpha value is -3.15. The second-order valence-electron chi connectivity index (χ2n) is 10.2. The lowest BCUT2D eigenvalue weighted by Gasteiger charge is -2.24. The SMILES string of the molecule is CN/C(=N\C#N)Nc1ccc2c(c1)c(SC(C)(C)C)c(CC(C)(C)C(=O)O)n2Cc1ccc(Cl)cc1. The van der Waals surface area contributed by atoms with Crippen LogP contribution in [0.1, 0.15) is 45.9 Å². The highest BCUT2D eigenvalue weighted by molar-refractivity contribution is 8.00. The number of guanidine groups is 1. The van der Waals surface area contributed by atoms with Crippen molar-refractivity contribution in [1.82, 2.24) is 9.88 Å². The zero-order valence-electron chi connectivity index (χ0n) is 21.4. The van der Waals surface area contributed by atoms with Gasteiger partial charge in [0, 0.05) is 57.0 Å². The number of hydrogen-bond donors (Lipinski definition) is 3. The molecule has 0 unspecified atom stereocenters. The number of carboxylic acid groups (broad SMARTS) is 1. The van der Waals surface area contributed by atoms with E-state index in [1.165, 1.54) is 0 Å². The average molecular weight is 526 g/mol. The van der Waals surface area contributed by atoms with Crippen LogP contribution in [0.3, 0.4) is 0 Å². The van der Waals surface area contributed by atoms with Crippen LogP contribution in [0.15, 0.2) is 52.4 Å². The van der Waals surface area contributed by atoms with Crippen LogP contribution in [0.25, 0.3) is 10.9 Å². The van der Waals surface area contributed by atoms with E-state index in [0.717, 1.165) is 32.7 Å². The molecule has 0 radical (unpaired) electrons. The second-order valence-corrected chi connectivity index (χ2v) is 12.5. The molecule has 0 aliphatic carbocycles. The van der Waals surface area contributed by atoms with Gasteiger partial charge in [-0.15, -0.1) is 16.8 Å². The van der Waals surface area contributed by atoms with Gasteiger partial charge in [0.15, 0.2) is 0 Å². The van der Waals surface area contributed by atoms with Crippen molar-refractivity contribution in [2.45, 2.75) is 57.2 Å². The van der Waals surface area contributed by atoms with Crippen LogP contribution in [0, 0.1) is 16.9 Å². The number of fused-ring (bicyclic) bond motifs is 1.